The van der Waals surface area contributed by atoms with Crippen molar-refractivity contribution in [2.45, 2.75) is 12.5 Å². The molecule has 1 fully saturated rings. The van der Waals surface area contributed by atoms with Gasteiger partial charge < -0.3 is 9.47 Å². The highest BCUT2D eigenvalue weighted by Gasteiger charge is 2.29. The second-order valence-corrected chi connectivity index (χ2v) is 6.33. The zero-order valence-corrected chi connectivity index (χ0v) is 13.7. The molecule has 1 aromatic heterocycles. The highest BCUT2D eigenvalue weighted by atomic mass is 32.2. The Hall–Kier alpha value is -2.15. The number of carbonyl (C=O) groups is 1. The molecule has 0 bridgehead atoms. The number of aromatic nitrogens is 2. The van der Waals surface area contributed by atoms with E-state index in [4.69, 9.17) is 9.47 Å². The minimum absolute atomic E-state index is 0.0135. The number of nitrogens with zero attached hydrogens (tertiary/aromatic N) is 2. The van der Waals surface area contributed by atoms with E-state index in [2.05, 4.69) is 10.2 Å². The Morgan fingerprint density at radius 2 is 2.13 bits per heavy atom. The number of nitrogens with one attached hydrogen (secondary N) is 1. The van der Waals surface area contributed by atoms with Gasteiger partial charge in [0.1, 0.15) is 11.5 Å². The Labute approximate surface area is 139 Å². The van der Waals surface area contributed by atoms with E-state index in [1.807, 2.05) is 17.8 Å². The molecule has 1 unspecified atom stereocenters. The number of H-pyrrole nitrogens is 1. The molecule has 1 amide bonds. The van der Waals surface area contributed by atoms with Crippen LogP contribution in [0.2, 0.25) is 0 Å². The van der Waals surface area contributed by atoms with Crippen LogP contribution in [-0.4, -0.2) is 47.4 Å². The average molecular weight is 333 g/mol. The van der Waals surface area contributed by atoms with Gasteiger partial charge in [0.15, 0.2) is 12.4 Å². The van der Waals surface area contributed by atoms with Crippen LogP contribution in [0.5, 0.6) is 11.5 Å². The van der Waals surface area contributed by atoms with E-state index in [0.717, 1.165) is 23.7 Å². The van der Waals surface area contributed by atoms with Crippen LogP contribution in [0.4, 0.5) is 5.82 Å². The number of amides is 1. The van der Waals surface area contributed by atoms with Crippen LogP contribution in [0.3, 0.4) is 0 Å². The first-order chi connectivity index (χ1) is 11.3. The van der Waals surface area contributed by atoms with Crippen molar-refractivity contribution in [3.63, 3.8) is 0 Å². The van der Waals surface area contributed by atoms with Crippen molar-refractivity contribution in [1.29, 1.82) is 0 Å². The predicted molar refractivity (Wildman–Crippen MR) is 90.3 cm³/mol. The number of aromatic amines is 1. The average Bonchev–Trinajstić information content (AvgIpc) is 3.28. The minimum Gasteiger partial charge on any atom is -0.497 e. The second kappa shape index (κ2) is 7.41. The van der Waals surface area contributed by atoms with Gasteiger partial charge in [-0.3, -0.25) is 14.8 Å². The molecule has 1 N–H and O–H groups in total. The highest BCUT2D eigenvalue weighted by molar-refractivity contribution is 7.99. The van der Waals surface area contributed by atoms with Crippen molar-refractivity contribution in [2.24, 2.45) is 0 Å². The number of thioether (sulfide) groups is 1. The summed E-state index contributed by atoms with van der Waals surface area (Å²) in [5.74, 6) is 3.97. The quantitative estimate of drug-likeness (QED) is 0.879. The molecule has 3 rings (SSSR count). The first-order valence-electron chi connectivity index (χ1n) is 7.44. The van der Waals surface area contributed by atoms with Crippen LogP contribution in [0.1, 0.15) is 6.42 Å². The lowest BCUT2D eigenvalue weighted by atomic mass is 10.2. The zero-order valence-electron chi connectivity index (χ0n) is 12.9. The van der Waals surface area contributed by atoms with Crippen molar-refractivity contribution in [3.05, 3.63) is 36.5 Å². The number of methoxy groups -OCH3 is 1. The third-order valence-corrected chi connectivity index (χ3v) is 4.84. The molecule has 1 saturated heterocycles. The van der Waals surface area contributed by atoms with E-state index in [0.29, 0.717) is 11.6 Å². The lowest BCUT2D eigenvalue weighted by molar-refractivity contribution is -0.121. The first-order valence-corrected chi connectivity index (χ1v) is 8.60. The van der Waals surface area contributed by atoms with Crippen molar-refractivity contribution in [1.82, 2.24) is 10.2 Å². The monoisotopic (exact) mass is 333 g/mol. The largest absolute Gasteiger partial charge is 0.497 e. The van der Waals surface area contributed by atoms with Crippen molar-refractivity contribution in [3.8, 4) is 11.5 Å². The molecular weight excluding hydrogens is 314 g/mol. The van der Waals surface area contributed by atoms with Crippen LogP contribution in [0.15, 0.2) is 36.5 Å². The summed E-state index contributed by atoms with van der Waals surface area (Å²) in [6.45, 7) is -0.0135. The fourth-order valence-electron chi connectivity index (χ4n) is 2.52. The van der Waals surface area contributed by atoms with E-state index >= 15 is 0 Å². The summed E-state index contributed by atoms with van der Waals surface area (Å²) in [6, 6.07) is 9.18. The molecule has 7 heteroatoms. The van der Waals surface area contributed by atoms with E-state index < -0.39 is 0 Å². The molecule has 2 aromatic rings. The van der Waals surface area contributed by atoms with Gasteiger partial charge in [-0.1, -0.05) is 0 Å². The summed E-state index contributed by atoms with van der Waals surface area (Å²) in [4.78, 5) is 14.4. The lowest BCUT2D eigenvalue weighted by Crippen LogP contribution is -2.43. The molecule has 2 heterocycles. The molecule has 1 aliphatic heterocycles. The van der Waals surface area contributed by atoms with Crippen LogP contribution in [-0.2, 0) is 4.79 Å². The third kappa shape index (κ3) is 3.79. The third-order valence-electron chi connectivity index (χ3n) is 3.69. The van der Waals surface area contributed by atoms with Gasteiger partial charge in [-0.2, -0.15) is 16.9 Å². The van der Waals surface area contributed by atoms with Crippen molar-refractivity contribution >= 4 is 23.5 Å². The highest BCUT2D eigenvalue weighted by Crippen LogP contribution is 2.26. The van der Waals surface area contributed by atoms with Gasteiger partial charge in [0.25, 0.3) is 5.91 Å². The summed E-state index contributed by atoms with van der Waals surface area (Å²) >= 11 is 1.86. The topological polar surface area (TPSA) is 67.5 Å². The molecule has 0 saturated carbocycles. The van der Waals surface area contributed by atoms with Crippen LogP contribution < -0.4 is 14.4 Å². The summed E-state index contributed by atoms with van der Waals surface area (Å²) in [5.41, 5.74) is 0. The standard InChI is InChI=1S/C16H19N3O3S/c1-21-13-2-4-14(5-3-13)22-10-16(20)19(12-7-9-23-11-12)15-6-8-17-18-15/h2-6,8,12H,7,9-11H2,1H3,(H,17,18). The van der Waals surface area contributed by atoms with Crippen LogP contribution in [0.25, 0.3) is 0 Å². The van der Waals surface area contributed by atoms with E-state index in [9.17, 15) is 4.79 Å². The molecule has 0 aliphatic carbocycles. The summed E-state index contributed by atoms with van der Waals surface area (Å²) in [7, 11) is 1.61. The first kappa shape index (κ1) is 15.7. The Morgan fingerprint density at radius 1 is 1.35 bits per heavy atom. The number of carbonyl (C=O) groups excluding carboxylic acids is 1. The van der Waals surface area contributed by atoms with Gasteiger partial charge >= 0.3 is 0 Å². The van der Waals surface area contributed by atoms with Gasteiger partial charge in [0, 0.05) is 24.1 Å². The normalized spacial score (nSPS) is 17.0. The van der Waals surface area contributed by atoms with Crippen LogP contribution >= 0.6 is 11.8 Å². The van der Waals surface area contributed by atoms with E-state index in [1.54, 1.807) is 42.5 Å². The summed E-state index contributed by atoms with van der Waals surface area (Å²) in [6.07, 6.45) is 2.70. The number of rotatable bonds is 6. The van der Waals surface area contributed by atoms with Gasteiger partial charge in [-0.25, -0.2) is 0 Å². The molecule has 1 atom stereocenters. The Bertz CT molecular complexity index is 625. The van der Waals surface area contributed by atoms with Crippen molar-refractivity contribution < 1.29 is 14.3 Å². The zero-order chi connectivity index (χ0) is 16.1. The molecule has 23 heavy (non-hydrogen) atoms. The Kier molecular flexibility index (Phi) is 5.07. The summed E-state index contributed by atoms with van der Waals surface area (Å²) in [5, 5.41) is 6.93. The molecular formula is C16H19N3O3S. The Morgan fingerprint density at radius 3 is 2.74 bits per heavy atom. The molecule has 1 aliphatic rings. The number of anilines is 1. The smallest absolute Gasteiger partial charge is 0.266 e. The molecule has 0 spiro atoms. The fourth-order valence-corrected chi connectivity index (χ4v) is 3.71. The minimum atomic E-state index is -0.0829. The van der Waals surface area contributed by atoms with Gasteiger partial charge in [-0.15, -0.1) is 0 Å². The predicted octanol–water partition coefficient (Wildman–Crippen LogP) is 2.34. The molecule has 6 nitrogen and oxygen atoms in total. The molecule has 0 radical (unpaired) electrons. The van der Waals surface area contributed by atoms with Crippen molar-refractivity contribution in [2.75, 3.05) is 30.1 Å². The molecule has 1 aromatic carbocycles. The SMILES string of the molecule is COc1ccc(OCC(=O)N(c2cc[nH]n2)C2CCSC2)cc1. The van der Waals surface area contributed by atoms with E-state index in [1.165, 1.54) is 0 Å². The number of ether oxygens (including phenoxy) is 2. The summed E-state index contributed by atoms with van der Waals surface area (Å²) < 4.78 is 10.7. The second-order valence-electron chi connectivity index (χ2n) is 5.18. The number of benzene rings is 1. The maximum absolute atomic E-state index is 12.6. The van der Waals surface area contributed by atoms with E-state index in [-0.39, 0.29) is 18.6 Å². The molecule has 122 valence electrons. The number of hydrogen-bond donors (Lipinski definition) is 1. The maximum atomic E-state index is 12.6. The van der Waals surface area contributed by atoms with Crippen LogP contribution in [0, 0.1) is 0 Å². The maximum Gasteiger partial charge on any atom is 0.266 e. The Balaban J connectivity index is 1.65. The lowest BCUT2D eigenvalue weighted by Gasteiger charge is -2.26. The van der Waals surface area contributed by atoms with Gasteiger partial charge in [0.2, 0.25) is 0 Å². The van der Waals surface area contributed by atoms with Gasteiger partial charge in [0.05, 0.1) is 7.11 Å². The van der Waals surface area contributed by atoms with Gasteiger partial charge in [-0.05, 0) is 36.4 Å². The fraction of sp³-hybridized carbons (Fsp3) is 0.375. The number of hydrogen-bond acceptors (Lipinski definition) is 5.